The number of amides is 1. The Balaban J connectivity index is 1.40. The molecule has 0 spiro atoms. The minimum absolute atomic E-state index is 0.200. The Morgan fingerprint density at radius 1 is 1.00 bits per heavy atom. The molecule has 2 aromatic carbocycles. The van der Waals surface area contributed by atoms with Crippen molar-refractivity contribution in [3.05, 3.63) is 81.4 Å². The molecule has 4 aromatic rings. The molecule has 0 atom stereocenters. The maximum absolute atomic E-state index is 12.2. The molecule has 0 fully saturated rings. The highest BCUT2D eigenvalue weighted by Crippen LogP contribution is 2.28. The quantitative estimate of drug-likeness (QED) is 0.326. The van der Waals surface area contributed by atoms with E-state index in [1.165, 1.54) is 0 Å². The van der Waals surface area contributed by atoms with Crippen LogP contribution in [0.5, 0.6) is 17.4 Å². The number of halogens is 2. The van der Waals surface area contributed by atoms with Crippen molar-refractivity contribution in [3.8, 4) is 23.2 Å². The number of hydrogen-bond acceptors (Lipinski definition) is 6. The molecule has 1 N–H and O–H groups in total. The van der Waals surface area contributed by atoms with E-state index in [1.807, 2.05) is 20.8 Å². The predicted molar refractivity (Wildman–Crippen MR) is 135 cm³/mol. The summed E-state index contributed by atoms with van der Waals surface area (Å²) in [7, 11) is 0. The van der Waals surface area contributed by atoms with Crippen LogP contribution in [0.3, 0.4) is 0 Å². The molecule has 1 amide bonds. The summed E-state index contributed by atoms with van der Waals surface area (Å²) in [5.74, 6) is 2.19. The topological polar surface area (TPSA) is 91.2 Å². The largest absolute Gasteiger partial charge is 0.482 e. The first kappa shape index (κ1) is 24.5. The van der Waals surface area contributed by atoms with Crippen molar-refractivity contribution in [3.63, 3.8) is 0 Å². The first-order valence-electron chi connectivity index (χ1n) is 10.7. The van der Waals surface area contributed by atoms with Crippen LogP contribution >= 0.6 is 23.2 Å². The lowest BCUT2D eigenvalue weighted by Crippen LogP contribution is -2.20. The highest BCUT2D eigenvalue weighted by atomic mass is 35.5. The van der Waals surface area contributed by atoms with Crippen molar-refractivity contribution in [2.45, 2.75) is 27.7 Å². The van der Waals surface area contributed by atoms with Crippen molar-refractivity contribution in [2.75, 3.05) is 11.9 Å². The first-order chi connectivity index (χ1) is 16.7. The van der Waals surface area contributed by atoms with Crippen molar-refractivity contribution in [2.24, 2.45) is 0 Å². The van der Waals surface area contributed by atoms with Crippen molar-refractivity contribution < 1.29 is 14.3 Å². The number of nitrogens with zero attached hydrogens (tertiary/aromatic N) is 4. The van der Waals surface area contributed by atoms with Crippen LogP contribution in [0, 0.1) is 27.7 Å². The standard InChI is InChI=1S/C25H23Cl2N5O3/c1-14-15(2)31-32(16(14)3)23-12-25(29-17(4)28-23)35-20-8-6-19(7-9-20)30-24(33)13-34-22-10-5-18(26)11-21(22)27/h5-12H,13H2,1-4H3,(H,30,33). The summed E-state index contributed by atoms with van der Waals surface area (Å²) in [6.07, 6.45) is 0. The van der Waals surface area contributed by atoms with Crippen LogP contribution in [0.15, 0.2) is 48.5 Å². The fraction of sp³-hybridized carbons (Fsp3) is 0.200. The number of anilines is 1. The lowest BCUT2D eigenvalue weighted by atomic mass is 10.2. The molecule has 0 saturated heterocycles. The van der Waals surface area contributed by atoms with Crippen LogP contribution < -0.4 is 14.8 Å². The Kier molecular flexibility index (Phi) is 7.23. The van der Waals surface area contributed by atoms with E-state index in [4.69, 9.17) is 32.7 Å². The summed E-state index contributed by atoms with van der Waals surface area (Å²) in [5, 5.41) is 8.15. The molecule has 0 radical (unpaired) electrons. The highest BCUT2D eigenvalue weighted by Gasteiger charge is 2.13. The number of carbonyl (C=O) groups is 1. The molecular weight excluding hydrogens is 489 g/mol. The third kappa shape index (κ3) is 5.90. The van der Waals surface area contributed by atoms with Gasteiger partial charge in [0.25, 0.3) is 5.91 Å². The van der Waals surface area contributed by atoms with Gasteiger partial charge in [-0.25, -0.2) is 9.67 Å². The van der Waals surface area contributed by atoms with Gasteiger partial charge in [0.1, 0.15) is 17.3 Å². The minimum atomic E-state index is -0.332. The molecule has 0 aliphatic rings. The van der Waals surface area contributed by atoms with E-state index in [0.29, 0.717) is 44.8 Å². The van der Waals surface area contributed by atoms with Gasteiger partial charge in [-0.3, -0.25) is 4.79 Å². The zero-order valence-electron chi connectivity index (χ0n) is 19.6. The van der Waals surface area contributed by atoms with Gasteiger partial charge in [0.15, 0.2) is 12.4 Å². The lowest BCUT2D eigenvalue weighted by Gasteiger charge is -2.11. The van der Waals surface area contributed by atoms with Gasteiger partial charge in [0.05, 0.1) is 10.7 Å². The normalized spacial score (nSPS) is 10.8. The maximum Gasteiger partial charge on any atom is 0.262 e. The highest BCUT2D eigenvalue weighted by molar-refractivity contribution is 6.35. The number of rotatable bonds is 7. The maximum atomic E-state index is 12.2. The van der Waals surface area contributed by atoms with Gasteiger partial charge in [-0.2, -0.15) is 10.1 Å². The van der Waals surface area contributed by atoms with Gasteiger partial charge >= 0.3 is 0 Å². The Hall–Kier alpha value is -3.62. The zero-order valence-corrected chi connectivity index (χ0v) is 21.1. The van der Waals surface area contributed by atoms with Gasteiger partial charge in [-0.15, -0.1) is 0 Å². The molecule has 10 heteroatoms. The average molecular weight is 512 g/mol. The van der Waals surface area contributed by atoms with Crippen LogP contribution in [-0.4, -0.2) is 32.3 Å². The smallest absolute Gasteiger partial charge is 0.262 e. The SMILES string of the molecule is Cc1nc(Oc2ccc(NC(=O)COc3ccc(Cl)cc3Cl)cc2)cc(-n2nc(C)c(C)c2C)n1. The second-order valence-electron chi connectivity index (χ2n) is 7.86. The number of ether oxygens (including phenoxy) is 2. The van der Waals surface area contributed by atoms with Crippen LogP contribution in [0.1, 0.15) is 22.8 Å². The number of aryl methyl sites for hydroxylation is 2. The fourth-order valence-corrected chi connectivity index (χ4v) is 3.75. The van der Waals surface area contributed by atoms with Crippen LogP contribution in [0.2, 0.25) is 10.0 Å². The number of hydrogen-bond donors (Lipinski definition) is 1. The van der Waals surface area contributed by atoms with E-state index >= 15 is 0 Å². The lowest BCUT2D eigenvalue weighted by molar-refractivity contribution is -0.118. The van der Waals surface area contributed by atoms with Gasteiger partial charge < -0.3 is 14.8 Å². The number of nitrogens with one attached hydrogen (secondary N) is 1. The third-order valence-electron chi connectivity index (χ3n) is 5.28. The third-order valence-corrected chi connectivity index (χ3v) is 5.81. The van der Waals surface area contributed by atoms with E-state index in [0.717, 1.165) is 17.0 Å². The molecule has 4 rings (SSSR count). The molecule has 0 bridgehead atoms. The number of carbonyl (C=O) groups excluding carboxylic acids is 1. The van der Waals surface area contributed by atoms with Crippen molar-refractivity contribution >= 4 is 34.8 Å². The summed E-state index contributed by atoms with van der Waals surface area (Å²) >= 11 is 11.9. The van der Waals surface area contributed by atoms with Gasteiger partial charge in [-0.1, -0.05) is 23.2 Å². The molecule has 0 aliphatic carbocycles. The predicted octanol–water partition coefficient (Wildman–Crippen LogP) is 6.01. The van der Waals surface area contributed by atoms with Gasteiger partial charge in [-0.05, 0) is 75.7 Å². The monoisotopic (exact) mass is 511 g/mol. The van der Waals surface area contributed by atoms with E-state index in [1.54, 1.807) is 60.1 Å². The molecule has 0 unspecified atom stereocenters. The summed E-state index contributed by atoms with van der Waals surface area (Å²) in [4.78, 5) is 21.1. The minimum Gasteiger partial charge on any atom is -0.482 e. The van der Waals surface area contributed by atoms with Crippen LogP contribution in [0.4, 0.5) is 5.69 Å². The summed E-state index contributed by atoms with van der Waals surface area (Å²) in [6, 6.07) is 13.5. The molecule has 2 heterocycles. The Morgan fingerprint density at radius 3 is 2.40 bits per heavy atom. The number of benzene rings is 2. The Labute approximate surface area is 212 Å². The Bertz CT molecular complexity index is 1390. The fourth-order valence-electron chi connectivity index (χ4n) is 3.29. The molecular formula is C25H23Cl2N5O3. The Morgan fingerprint density at radius 2 is 1.74 bits per heavy atom. The second-order valence-corrected chi connectivity index (χ2v) is 8.70. The van der Waals surface area contributed by atoms with Crippen molar-refractivity contribution in [1.29, 1.82) is 0 Å². The van der Waals surface area contributed by atoms with E-state index in [2.05, 4.69) is 20.4 Å². The molecule has 2 aromatic heterocycles. The van der Waals surface area contributed by atoms with E-state index in [-0.39, 0.29) is 12.5 Å². The van der Waals surface area contributed by atoms with Gasteiger partial charge in [0.2, 0.25) is 5.88 Å². The van der Waals surface area contributed by atoms with Crippen LogP contribution in [-0.2, 0) is 4.79 Å². The van der Waals surface area contributed by atoms with E-state index in [9.17, 15) is 4.79 Å². The average Bonchev–Trinajstić information content (AvgIpc) is 3.07. The van der Waals surface area contributed by atoms with Crippen LogP contribution in [0.25, 0.3) is 5.82 Å². The van der Waals surface area contributed by atoms with Gasteiger partial charge in [0, 0.05) is 22.5 Å². The molecule has 8 nitrogen and oxygen atoms in total. The van der Waals surface area contributed by atoms with E-state index < -0.39 is 0 Å². The summed E-state index contributed by atoms with van der Waals surface area (Å²) in [6.45, 7) is 7.58. The molecule has 35 heavy (non-hydrogen) atoms. The summed E-state index contributed by atoms with van der Waals surface area (Å²) in [5.41, 5.74) is 3.66. The molecule has 0 aliphatic heterocycles. The molecule has 0 saturated carbocycles. The zero-order chi connectivity index (χ0) is 25.1. The summed E-state index contributed by atoms with van der Waals surface area (Å²) < 4.78 is 13.2. The molecule has 180 valence electrons. The number of aromatic nitrogens is 4. The first-order valence-corrected chi connectivity index (χ1v) is 11.5. The second kappa shape index (κ2) is 10.3. The van der Waals surface area contributed by atoms with Crippen molar-refractivity contribution in [1.82, 2.24) is 19.7 Å².